The predicted octanol–water partition coefficient (Wildman–Crippen LogP) is 6.33. The van der Waals surface area contributed by atoms with Gasteiger partial charge >= 0.3 is 5.69 Å². The largest absolute Gasteiger partial charge is 0.493 e. The van der Waals surface area contributed by atoms with Crippen LogP contribution in [0.1, 0.15) is 55.0 Å². The van der Waals surface area contributed by atoms with E-state index in [4.69, 9.17) is 14.5 Å². The molecule has 1 saturated carbocycles. The number of nitrogens with zero attached hydrogens (tertiary/aromatic N) is 4. The monoisotopic (exact) mass is 647 g/mol. The summed E-state index contributed by atoms with van der Waals surface area (Å²) in [5.41, 5.74) is 1.76. The molecule has 0 aliphatic heterocycles. The number of halogens is 1. The Morgan fingerprint density at radius 2 is 1.91 bits per heavy atom. The minimum Gasteiger partial charge on any atom is -0.493 e. The SMILES string of the molecule is COc1cc(C=Nn2c(C3CCCCC3)nc3ccc(Br)cc3c2=O)cc([N+](=O)[O-])c1OCC(=O)Nc1ccc(C)cc1. The van der Waals surface area contributed by atoms with Crippen LogP contribution in [0.2, 0.25) is 0 Å². The summed E-state index contributed by atoms with van der Waals surface area (Å²) in [5, 5.41) is 19.6. The fourth-order valence-electron chi connectivity index (χ4n) is 5.11. The van der Waals surface area contributed by atoms with Crippen molar-refractivity contribution in [2.24, 2.45) is 5.10 Å². The number of ether oxygens (including phenoxy) is 2. The van der Waals surface area contributed by atoms with Crippen molar-refractivity contribution in [1.82, 2.24) is 9.66 Å². The van der Waals surface area contributed by atoms with Gasteiger partial charge in [0.2, 0.25) is 5.75 Å². The zero-order valence-corrected chi connectivity index (χ0v) is 25.3. The van der Waals surface area contributed by atoms with Crippen LogP contribution in [0.4, 0.5) is 11.4 Å². The summed E-state index contributed by atoms with van der Waals surface area (Å²) >= 11 is 3.42. The van der Waals surface area contributed by atoms with Crippen LogP contribution in [0, 0.1) is 17.0 Å². The van der Waals surface area contributed by atoms with E-state index in [1.807, 2.05) is 25.1 Å². The maximum Gasteiger partial charge on any atom is 0.315 e. The van der Waals surface area contributed by atoms with Crippen molar-refractivity contribution in [2.45, 2.75) is 44.9 Å². The first-order valence-corrected chi connectivity index (χ1v) is 14.6. The van der Waals surface area contributed by atoms with Crippen molar-refractivity contribution in [3.8, 4) is 11.5 Å². The molecule has 12 heteroatoms. The molecule has 0 spiro atoms. The van der Waals surface area contributed by atoms with Crippen LogP contribution in [0.25, 0.3) is 10.9 Å². The van der Waals surface area contributed by atoms with E-state index in [9.17, 15) is 19.7 Å². The van der Waals surface area contributed by atoms with Crippen LogP contribution in [0.15, 0.2) is 69.0 Å². The van der Waals surface area contributed by atoms with Crippen LogP contribution in [-0.4, -0.2) is 40.4 Å². The van der Waals surface area contributed by atoms with Crippen molar-refractivity contribution < 1.29 is 19.2 Å². The number of fused-ring (bicyclic) bond motifs is 1. The molecule has 222 valence electrons. The summed E-state index contributed by atoms with van der Waals surface area (Å²) in [6.07, 6.45) is 6.37. The number of amides is 1. The Kier molecular flexibility index (Phi) is 9.15. The Hall–Kier alpha value is -4.58. The molecule has 1 aliphatic rings. The summed E-state index contributed by atoms with van der Waals surface area (Å²) < 4.78 is 13.0. The lowest BCUT2D eigenvalue weighted by atomic mass is 9.88. The second kappa shape index (κ2) is 13.2. The average molecular weight is 649 g/mol. The Labute approximate surface area is 255 Å². The molecule has 0 atom stereocenters. The smallest absolute Gasteiger partial charge is 0.315 e. The Bertz CT molecular complexity index is 1760. The number of methoxy groups -OCH3 is 1. The standard InChI is InChI=1S/C31H30BrN5O6/c1-19-8-11-23(12-9-19)34-28(38)18-43-29-26(37(40)41)14-20(15-27(29)42-2)17-33-36-30(21-6-4-3-5-7-21)35-25-13-10-22(32)16-24(25)31(36)39/h8-17,21H,3-7,18H2,1-2H3,(H,34,38). The molecule has 11 nitrogen and oxygen atoms in total. The minimum absolute atomic E-state index is 0.0409. The van der Waals surface area contributed by atoms with Gasteiger partial charge in [0.05, 0.1) is 29.2 Å². The van der Waals surface area contributed by atoms with E-state index >= 15 is 0 Å². The molecule has 3 aromatic carbocycles. The van der Waals surface area contributed by atoms with Crippen LogP contribution < -0.4 is 20.3 Å². The predicted molar refractivity (Wildman–Crippen MR) is 167 cm³/mol. The molecule has 1 amide bonds. The van der Waals surface area contributed by atoms with Gasteiger partial charge in [0, 0.05) is 27.7 Å². The molecule has 4 aromatic rings. The number of hydrogen-bond acceptors (Lipinski definition) is 8. The zero-order chi connectivity index (χ0) is 30.5. The Balaban J connectivity index is 1.47. The Morgan fingerprint density at radius 1 is 1.16 bits per heavy atom. The lowest BCUT2D eigenvalue weighted by Gasteiger charge is -2.22. The maximum atomic E-state index is 13.6. The van der Waals surface area contributed by atoms with Gasteiger partial charge in [-0.25, -0.2) is 4.98 Å². The lowest BCUT2D eigenvalue weighted by Crippen LogP contribution is -2.25. The van der Waals surface area contributed by atoms with E-state index in [2.05, 4.69) is 26.3 Å². The molecule has 1 fully saturated rings. The fraction of sp³-hybridized carbons (Fsp3) is 0.290. The van der Waals surface area contributed by atoms with Crippen LogP contribution >= 0.6 is 15.9 Å². The van der Waals surface area contributed by atoms with Gasteiger partial charge in [0.15, 0.2) is 12.4 Å². The van der Waals surface area contributed by atoms with Gasteiger partial charge in [0.1, 0.15) is 5.82 Å². The molecular formula is C31H30BrN5O6. The van der Waals surface area contributed by atoms with Gasteiger partial charge in [-0.1, -0.05) is 52.9 Å². The fourth-order valence-corrected chi connectivity index (χ4v) is 5.47. The number of benzene rings is 3. The van der Waals surface area contributed by atoms with Gasteiger partial charge in [-0.3, -0.25) is 19.7 Å². The molecular weight excluding hydrogens is 618 g/mol. The Morgan fingerprint density at radius 3 is 2.60 bits per heavy atom. The molecule has 0 radical (unpaired) electrons. The van der Waals surface area contributed by atoms with Crippen LogP contribution in [-0.2, 0) is 4.79 Å². The zero-order valence-electron chi connectivity index (χ0n) is 23.7. The topological polar surface area (TPSA) is 138 Å². The number of nitrogens with one attached hydrogen (secondary N) is 1. The van der Waals surface area contributed by atoms with E-state index in [1.54, 1.807) is 24.3 Å². The summed E-state index contributed by atoms with van der Waals surface area (Å²) in [7, 11) is 1.34. The molecule has 1 heterocycles. The summed E-state index contributed by atoms with van der Waals surface area (Å²) in [6, 6.07) is 15.3. The third kappa shape index (κ3) is 6.91. The van der Waals surface area contributed by atoms with Gasteiger partial charge in [-0.15, -0.1) is 0 Å². The summed E-state index contributed by atoms with van der Waals surface area (Å²) in [6.45, 7) is 1.46. The number of hydrogen-bond donors (Lipinski definition) is 1. The third-order valence-electron chi connectivity index (χ3n) is 7.28. The van der Waals surface area contributed by atoms with E-state index < -0.39 is 23.1 Å². The second-order valence-corrected chi connectivity index (χ2v) is 11.3. The molecule has 0 unspecified atom stereocenters. The maximum absolute atomic E-state index is 13.6. The molecule has 1 aromatic heterocycles. The summed E-state index contributed by atoms with van der Waals surface area (Å²) in [5.74, 6) is -0.00905. The van der Waals surface area contributed by atoms with E-state index in [0.717, 1.165) is 42.1 Å². The number of aromatic nitrogens is 2. The van der Waals surface area contributed by atoms with E-state index in [1.165, 1.54) is 30.1 Å². The van der Waals surface area contributed by atoms with Crippen molar-refractivity contribution in [3.05, 3.63) is 96.5 Å². The number of rotatable bonds is 9. The normalized spacial score (nSPS) is 13.7. The number of anilines is 1. The van der Waals surface area contributed by atoms with Gasteiger partial charge in [-0.05, 0) is 56.2 Å². The number of nitro groups is 1. The first-order chi connectivity index (χ1) is 20.7. The van der Waals surface area contributed by atoms with E-state index in [0.29, 0.717) is 28.0 Å². The molecule has 5 rings (SSSR count). The van der Waals surface area contributed by atoms with Gasteiger partial charge in [0.25, 0.3) is 11.5 Å². The highest BCUT2D eigenvalue weighted by atomic mass is 79.9. The lowest BCUT2D eigenvalue weighted by molar-refractivity contribution is -0.385. The van der Waals surface area contributed by atoms with Crippen LogP contribution in [0.3, 0.4) is 0 Å². The minimum atomic E-state index is -0.623. The average Bonchev–Trinajstić information content (AvgIpc) is 3.01. The number of carbonyl (C=O) groups excluding carboxylic acids is 1. The molecule has 1 N–H and O–H groups in total. The number of aryl methyl sites for hydroxylation is 1. The third-order valence-corrected chi connectivity index (χ3v) is 7.78. The first-order valence-electron chi connectivity index (χ1n) is 13.9. The molecule has 1 aliphatic carbocycles. The quantitative estimate of drug-likeness (QED) is 0.127. The molecule has 43 heavy (non-hydrogen) atoms. The second-order valence-electron chi connectivity index (χ2n) is 10.4. The van der Waals surface area contributed by atoms with Crippen molar-refractivity contribution >= 4 is 50.3 Å². The highest BCUT2D eigenvalue weighted by molar-refractivity contribution is 9.10. The van der Waals surface area contributed by atoms with Crippen LogP contribution in [0.5, 0.6) is 11.5 Å². The van der Waals surface area contributed by atoms with Gasteiger partial charge < -0.3 is 14.8 Å². The van der Waals surface area contributed by atoms with Crippen molar-refractivity contribution in [3.63, 3.8) is 0 Å². The van der Waals surface area contributed by atoms with Crippen molar-refractivity contribution in [2.75, 3.05) is 19.0 Å². The highest BCUT2D eigenvalue weighted by Crippen LogP contribution is 2.38. The highest BCUT2D eigenvalue weighted by Gasteiger charge is 2.25. The number of nitro benzene ring substituents is 1. The van der Waals surface area contributed by atoms with Crippen molar-refractivity contribution in [1.29, 1.82) is 0 Å². The number of carbonyl (C=O) groups is 1. The van der Waals surface area contributed by atoms with Gasteiger partial charge in [-0.2, -0.15) is 9.78 Å². The first kappa shape index (κ1) is 29.9. The van der Waals surface area contributed by atoms with E-state index in [-0.39, 0.29) is 23.0 Å². The molecule has 0 saturated heterocycles. The molecule has 0 bridgehead atoms. The summed E-state index contributed by atoms with van der Waals surface area (Å²) in [4.78, 5) is 42.3.